The number of aromatic nitrogens is 3. The Morgan fingerprint density at radius 3 is 2.42 bits per heavy atom. The number of rotatable bonds is 2. The second-order valence-corrected chi connectivity index (χ2v) is 15.7. The van der Waals surface area contributed by atoms with Gasteiger partial charge in [-0.1, -0.05) is 6.58 Å². The molecule has 6 heterocycles. The summed E-state index contributed by atoms with van der Waals surface area (Å²) in [6.45, 7) is 14.6. The number of amides is 2. The molecule has 2 amide bonds. The highest BCUT2D eigenvalue weighted by atomic mass is 32.1. The van der Waals surface area contributed by atoms with Crippen LogP contribution in [0.1, 0.15) is 65.5 Å². The zero-order valence-electron chi connectivity index (χ0n) is 27.9. The Kier molecular flexibility index (Phi) is 7.35. The van der Waals surface area contributed by atoms with Crippen molar-refractivity contribution in [2.45, 2.75) is 77.2 Å². The Labute approximate surface area is 287 Å². The van der Waals surface area contributed by atoms with Gasteiger partial charge in [0.25, 0.3) is 0 Å². The van der Waals surface area contributed by atoms with Crippen molar-refractivity contribution >= 4 is 60.9 Å². The van der Waals surface area contributed by atoms with E-state index in [1.54, 1.807) is 51.3 Å². The number of halogens is 4. The number of likely N-dealkylation sites (tertiary alicyclic amines) is 1. The fraction of sp³-hybridized carbons (Fsp3) is 0.412. The van der Waals surface area contributed by atoms with E-state index >= 15 is 17.6 Å². The van der Waals surface area contributed by atoms with Crippen LogP contribution in [0.5, 0.6) is 0 Å². The molecule has 0 unspecified atom stereocenters. The first-order valence-electron chi connectivity index (χ1n) is 15.7. The molecule has 16 heteroatoms. The Bertz CT molecular complexity index is 2240. The molecule has 11 nitrogen and oxygen atoms in total. The fourth-order valence-corrected chi connectivity index (χ4v) is 8.26. The summed E-state index contributed by atoms with van der Waals surface area (Å²) in [5.74, 6) is -3.42. The van der Waals surface area contributed by atoms with Crippen LogP contribution < -0.4 is 10.2 Å². The number of carbonyl (C=O) groups is 2. The predicted octanol–water partition coefficient (Wildman–Crippen LogP) is 7.67. The number of thiophene rings is 1. The molecule has 260 valence electrons. The maximum absolute atomic E-state index is 17.1. The van der Waals surface area contributed by atoms with Crippen LogP contribution in [0.2, 0.25) is 0 Å². The summed E-state index contributed by atoms with van der Waals surface area (Å²) in [6.07, 6.45) is -1.49. The van der Waals surface area contributed by atoms with Crippen molar-refractivity contribution < 1.29 is 36.6 Å². The molecule has 0 aliphatic carbocycles. The molecule has 2 bridgehead atoms. The van der Waals surface area contributed by atoms with Gasteiger partial charge in [0.15, 0.2) is 11.6 Å². The van der Waals surface area contributed by atoms with E-state index in [-0.39, 0.29) is 68.5 Å². The van der Waals surface area contributed by atoms with Crippen molar-refractivity contribution in [2.75, 3.05) is 23.3 Å². The SMILES string of the molecule is C=C1C[C@]23C[C@H](CN2c2nc(F)nc4c(F)c(-c5ncc(F)c6sc(NC(=O)OC(C)(C)C)c(C#N)c56)c(F)c1c24)N(C(=O)OC(C)(C)C)C3. The van der Waals surface area contributed by atoms with Crippen LogP contribution in [0.4, 0.5) is 38.0 Å². The van der Waals surface area contributed by atoms with Crippen LogP contribution in [0.3, 0.4) is 0 Å². The van der Waals surface area contributed by atoms with Crippen molar-refractivity contribution in [1.82, 2.24) is 19.9 Å². The zero-order chi connectivity index (χ0) is 36.2. The van der Waals surface area contributed by atoms with Gasteiger partial charge in [0.05, 0.1) is 44.7 Å². The van der Waals surface area contributed by atoms with Crippen LogP contribution in [0, 0.1) is 34.9 Å². The number of nitrogens with one attached hydrogen (secondary N) is 1. The molecule has 1 aromatic carbocycles. The second kappa shape index (κ2) is 11.0. The standard InChI is InChI=1S/C34H31F4N7O4S/c1-14-8-34-9-15(44(13-34)31(47)49-33(5,6)7)12-45(34)27-20-18(14)22(36)21(23(37)25(20)41-29(38)42-27)24-19-16(10-39)28(43-30(46)48-32(2,3)4)50-26(19)17(35)11-40-24/h11,15H,1,8-9,12-13H2,2-7H3,(H,43,46)/t15-,34-/m1/s1. The molecule has 2 fully saturated rings. The largest absolute Gasteiger partial charge is 0.444 e. The third-order valence-electron chi connectivity index (χ3n) is 8.88. The van der Waals surface area contributed by atoms with E-state index in [2.05, 4.69) is 26.8 Å². The van der Waals surface area contributed by atoms with E-state index in [0.717, 1.165) is 6.20 Å². The van der Waals surface area contributed by atoms with Crippen LogP contribution in [0.15, 0.2) is 12.8 Å². The summed E-state index contributed by atoms with van der Waals surface area (Å²) in [4.78, 5) is 40.9. The van der Waals surface area contributed by atoms with Gasteiger partial charge in [-0.3, -0.25) is 10.3 Å². The minimum Gasteiger partial charge on any atom is -0.444 e. The van der Waals surface area contributed by atoms with Gasteiger partial charge in [-0.25, -0.2) is 22.8 Å². The minimum atomic E-state index is -1.32. The van der Waals surface area contributed by atoms with Crippen molar-refractivity contribution in [1.29, 1.82) is 5.26 Å². The molecule has 0 radical (unpaired) electrons. The third-order valence-corrected chi connectivity index (χ3v) is 9.99. The molecule has 4 aromatic rings. The van der Waals surface area contributed by atoms with Crippen molar-refractivity contribution in [2.24, 2.45) is 0 Å². The second-order valence-electron chi connectivity index (χ2n) is 14.7. The molecule has 1 spiro atoms. The Balaban J connectivity index is 1.41. The number of piperazine rings is 1. The number of pyridine rings is 1. The average molecular weight is 710 g/mol. The monoisotopic (exact) mass is 709 g/mol. The molecule has 7 rings (SSSR count). The lowest BCUT2D eigenvalue weighted by atomic mass is 9.87. The fourth-order valence-electron chi connectivity index (χ4n) is 7.22. The van der Waals surface area contributed by atoms with Gasteiger partial charge in [0.1, 0.15) is 39.4 Å². The van der Waals surface area contributed by atoms with E-state index in [1.165, 1.54) is 0 Å². The Morgan fingerprint density at radius 1 is 1.06 bits per heavy atom. The van der Waals surface area contributed by atoms with Crippen LogP contribution in [0.25, 0.3) is 37.8 Å². The predicted molar refractivity (Wildman–Crippen MR) is 178 cm³/mol. The van der Waals surface area contributed by atoms with Gasteiger partial charge in [0, 0.05) is 24.0 Å². The molecule has 3 aromatic heterocycles. The molecule has 2 saturated heterocycles. The molecule has 0 saturated carbocycles. The summed E-state index contributed by atoms with van der Waals surface area (Å²) in [5, 5.41) is 12.1. The van der Waals surface area contributed by atoms with Gasteiger partial charge in [-0.2, -0.15) is 19.6 Å². The lowest BCUT2D eigenvalue weighted by Crippen LogP contribution is -2.56. The number of nitrogens with zero attached hydrogens (tertiary/aromatic N) is 6. The molecule has 3 aliphatic heterocycles. The summed E-state index contributed by atoms with van der Waals surface area (Å²) in [7, 11) is 0. The van der Waals surface area contributed by atoms with Crippen molar-refractivity contribution in [3.8, 4) is 17.3 Å². The highest BCUT2D eigenvalue weighted by Gasteiger charge is 2.59. The number of nitriles is 1. The van der Waals surface area contributed by atoms with Gasteiger partial charge >= 0.3 is 18.3 Å². The van der Waals surface area contributed by atoms with Gasteiger partial charge in [0.2, 0.25) is 0 Å². The molecule has 2 atom stereocenters. The lowest BCUT2D eigenvalue weighted by Gasteiger charge is -2.42. The summed E-state index contributed by atoms with van der Waals surface area (Å²) in [5.41, 5.74) is -4.66. The average Bonchev–Trinajstić information content (AvgIpc) is 3.64. The number of hydrogen-bond acceptors (Lipinski definition) is 10. The van der Waals surface area contributed by atoms with Crippen molar-refractivity contribution in [3.63, 3.8) is 0 Å². The number of anilines is 2. The summed E-state index contributed by atoms with van der Waals surface area (Å²) >= 11 is 0.661. The van der Waals surface area contributed by atoms with E-state index < -0.39 is 69.2 Å². The summed E-state index contributed by atoms with van der Waals surface area (Å²) < 4.78 is 75.1. The maximum Gasteiger partial charge on any atom is 0.412 e. The highest BCUT2D eigenvalue weighted by molar-refractivity contribution is 7.23. The first-order valence-corrected chi connectivity index (χ1v) is 16.5. The third kappa shape index (κ3) is 5.17. The Hall–Kier alpha value is -5.04. The van der Waals surface area contributed by atoms with Crippen molar-refractivity contribution in [3.05, 3.63) is 47.4 Å². The highest BCUT2D eigenvalue weighted by Crippen LogP contribution is 2.54. The normalized spacial score (nSPS) is 19.9. The van der Waals surface area contributed by atoms with E-state index in [4.69, 9.17) is 9.47 Å². The first kappa shape index (κ1) is 33.5. The molecule has 3 aliphatic rings. The quantitative estimate of drug-likeness (QED) is 0.164. The molecule has 1 N–H and O–H groups in total. The van der Waals surface area contributed by atoms with Crippen LogP contribution >= 0.6 is 11.3 Å². The topological polar surface area (TPSA) is 134 Å². The zero-order valence-corrected chi connectivity index (χ0v) is 28.7. The number of benzene rings is 1. The molecular weight excluding hydrogens is 678 g/mol. The van der Waals surface area contributed by atoms with Gasteiger partial charge < -0.3 is 19.3 Å². The van der Waals surface area contributed by atoms with Gasteiger partial charge in [-0.15, -0.1) is 11.3 Å². The van der Waals surface area contributed by atoms with E-state index in [1.807, 2.05) is 6.07 Å². The van der Waals surface area contributed by atoms with Crippen LogP contribution in [-0.4, -0.2) is 67.9 Å². The first-order chi connectivity index (χ1) is 23.3. The maximum atomic E-state index is 17.1. The smallest absolute Gasteiger partial charge is 0.412 e. The number of carbonyl (C=O) groups excluding carboxylic acids is 2. The Morgan fingerprint density at radius 2 is 1.76 bits per heavy atom. The number of ether oxygens (including phenoxy) is 2. The summed E-state index contributed by atoms with van der Waals surface area (Å²) in [6, 6.07) is 1.54. The van der Waals surface area contributed by atoms with E-state index in [0.29, 0.717) is 17.8 Å². The van der Waals surface area contributed by atoms with Crippen LogP contribution in [-0.2, 0) is 9.47 Å². The number of hydrogen-bond donors (Lipinski definition) is 1. The van der Waals surface area contributed by atoms with Gasteiger partial charge in [-0.05, 0) is 60.0 Å². The lowest BCUT2D eigenvalue weighted by molar-refractivity contribution is 0.0200. The number of fused-ring (bicyclic) bond motifs is 3. The minimum absolute atomic E-state index is 0.0499. The molecular formula is C34H31F4N7O4S. The van der Waals surface area contributed by atoms with E-state index in [9.17, 15) is 14.9 Å². The molecule has 50 heavy (non-hydrogen) atoms.